The second-order valence-corrected chi connectivity index (χ2v) is 7.93. The molecular formula is C25H27N3O4. The minimum Gasteiger partial charge on any atom is -0.503 e. The van der Waals surface area contributed by atoms with Crippen molar-refractivity contribution < 1.29 is 19.1 Å². The van der Waals surface area contributed by atoms with Crippen LogP contribution in [0.3, 0.4) is 0 Å². The van der Waals surface area contributed by atoms with Gasteiger partial charge in [0.05, 0.1) is 11.3 Å². The molecule has 1 amide bonds. The minimum atomic E-state index is -0.776. The molecule has 1 aromatic carbocycles. The van der Waals surface area contributed by atoms with Gasteiger partial charge in [-0.1, -0.05) is 31.5 Å². The lowest BCUT2D eigenvalue weighted by Gasteiger charge is -2.28. The van der Waals surface area contributed by atoms with Crippen LogP contribution in [0.25, 0.3) is 11.0 Å². The predicted octanol–water partition coefficient (Wildman–Crippen LogP) is 4.06. The zero-order chi connectivity index (χ0) is 22.8. The maximum absolute atomic E-state index is 13.5. The van der Waals surface area contributed by atoms with E-state index in [0.717, 1.165) is 24.0 Å². The molecule has 1 atom stereocenters. The first kappa shape index (κ1) is 21.8. The first-order valence-corrected chi connectivity index (χ1v) is 10.9. The zero-order valence-corrected chi connectivity index (χ0v) is 18.5. The summed E-state index contributed by atoms with van der Waals surface area (Å²) in [6.45, 7) is 8.75. The standard InChI is InChI=1S/C25H27N3O4/c1-4-27(5-2)12-13-28-22(18-8-6-7-11-26-18)21(24(30)25(28)31)23(29)20-15-17-14-16(3)9-10-19(17)32-20/h6-11,14-15,22,30H,4-5,12-13H2,1-3H3. The number of fused-ring (bicyclic) bond motifs is 1. The number of amides is 1. The van der Waals surface area contributed by atoms with Crippen LogP contribution in [0.15, 0.2) is 64.4 Å². The van der Waals surface area contributed by atoms with Crippen LogP contribution in [0, 0.1) is 6.92 Å². The topological polar surface area (TPSA) is 86.9 Å². The lowest BCUT2D eigenvalue weighted by molar-refractivity contribution is -0.129. The number of pyridine rings is 1. The van der Waals surface area contributed by atoms with Gasteiger partial charge in [0.2, 0.25) is 5.78 Å². The molecule has 166 valence electrons. The molecule has 0 fully saturated rings. The van der Waals surface area contributed by atoms with Crippen molar-refractivity contribution in [2.75, 3.05) is 26.2 Å². The highest BCUT2D eigenvalue weighted by molar-refractivity contribution is 6.15. The molecule has 4 rings (SSSR count). The Kier molecular flexibility index (Phi) is 6.10. The fraction of sp³-hybridized carbons (Fsp3) is 0.320. The summed E-state index contributed by atoms with van der Waals surface area (Å²) in [7, 11) is 0. The van der Waals surface area contributed by atoms with E-state index in [-0.39, 0.29) is 11.3 Å². The van der Waals surface area contributed by atoms with Gasteiger partial charge < -0.3 is 19.3 Å². The van der Waals surface area contributed by atoms with E-state index in [4.69, 9.17) is 4.42 Å². The largest absolute Gasteiger partial charge is 0.503 e. The summed E-state index contributed by atoms with van der Waals surface area (Å²) in [6, 6.07) is 11.9. The Morgan fingerprint density at radius 3 is 2.66 bits per heavy atom. The summed E-state index contributed by atoms with van der Waals surface area (Å²) in [5.74, 6) is -1.53. The monoisotopic (exact) mass is 433 g/mol. The van der Waals surface area contributed by atoms with Gasteiger partial charge in [-0.15, -0.1) is 0 Å². The van der Waals surface area contributed by atoms with Crippen LogP contribution in [0.4, 0.5) is 0 Å². The highest BCUT2D eigenvalue weighted by Crippen LogP contribution is 2.38. The summed E-state index contributed by atoms with van der Waals surface area (Å²) >= 11 is 0. The first-order chi connectivity index (χ1) is 15.4. The quantitative estimate of drug-likeness (QED) is 0.539. The number of ketones is 1. The van der Waals surface area contributed by atoms with Crippen LogP contribution in [0.5, 0.6) is 0 Å². The van der Waals surface area contributed by atoms with E-state index >= 15 is 0 Å². The van der Waals surface area contributed by atoms with Crippen LogP contribution in [0.1, 0.15) is 41.7 Å². The third-order valence-electron chi connectivity index (χ3n) is 5.96. The van der Waals surface area contributed by atoms with Gasteiger partial charge in [0, 0.05) is 24.7 Å². The van der Waals surface area contributed by atoms with E-state index in [2.05, 4.69) is 23.7 Å². The summed E-state index contributed by atoms with van der Waals surface area (Å²) in [5, 5.41) is 11.6. The molecule has 0 saturated heterocycles. The Bertz CT molecular complexity index is 1180. The number of carbonyl (C=O) groups is 2. The number of Topliss-reactive ketones (excluding diaryl/α,β-unsaturated/α-hetero) is 1. The summed E-state index contributed by atoms with van der Waals surface area (Å²) < 4.78 is 5.78. The van der Waals surface area contributed by atoms with Crippen LogP contribution in [-0.2, 0) is 4.79 Å². The van der Waals surface area contributed by atoms with E-state index in [9.17, 15) is 14.7 Å². The number of benzene rings is 1. The van der Waals surface area contributed by atoms with Crippen molar-refractivity contribution in [2.24, 2.45) is 0 Å². The van der Waals surface area contributed by atoms with Crippen molar-refractivity contribution >= 4 is 22.7 Å². The molecule has 7 nitrogen and oxygen atoms in total. The highest BCUT2D eigenvalue weighted by Gasteiger charge is 2.45. The second kappa shape index (κ2) is 8.96. The number of aryl methyl sites for hydroxylation is 1. The van der Waals surface area contributed by atoms with Gasteiger partial charge in [-0.3, -0.25) is 14.6 Å². The molecule has 1 N–H and O–H groups in total. The van der Waals surface area contributed by atoms with Crippen molar-refractivity contribution in [1.82, 2.24) is 14.8 Å². The predicted molar refractivity (Wildman–Crippen MR) is 121 cm³/mol. The molecule has 0 saturated carbocycles. The van der Waals surface area contributed by atoms with Gasteiger partial charge >= 0.3 is 0 Å². The van der Waals surface area contributed by atoms with Gasteiger partial charge in [-0.05, 0) is 50.3 Å². The molecule has 0 radical (unpaired) electrons. The molecule has 1 aliphatic rings. The first-order valence-electron chi connectivity index (χ1n) is 10.9. The number of likely N-dealkylation sites (N-methyl/N-ethyl adjacent to an activating group) is 1. The third-order valence-corrected chi connectivity index (χ3v) is 5.96. The molecule has 7 heteroatoms. The fourth-order valence-corrected chi connectivity index (χ4v) is 4.16. The van der Waals surface area contributed by atoms with Crippen molar-refractivity contribution in [2.45, 2.75) is 26.8 Å². The number of hydrogen-bond donors (Lipinski definition) is 1. The average molecular weight is 434 g/mol. The van der Waals surface area contributed by atoms with E-state index in [1.165, 1.54) is 4.90 Å². The van der Waals surface area contributed by atoms with E-state index in [1.807, 2.05) is 25.1 Å². The lowest BCUT2D eigenvalue weighted by Crippen LogP contribution is -2.38. The van der Waals surface area contributed by atoms with Gasteiger partial charge in [0.25, 0.3) is 5.91 Å². The maximum Gasteiger partial charge on any atom is 0.290 e. The number of aliphatic hydroxyl groups is 1. The zero-order valence-electron chi connectivity index (χ0n) is 18.5. The lowest BCUT2D eigenvalue weighted by atomic mass is 9.98. The van der Waals surface area contributed by atoms with E-state index < -0.39 is 23.5 Å². The van der Waals surface area contributed by atoms with Gasteiger partial charge in [0.15, 0.2) is 11.5 Å². The van der Waals surface area contributed by atoms with Crippen molar-refractivity contribution in [3.05, 3.63) is 77.0 Å². The number of aromatic nitrogens is 1. The third kappa shape index (κ3) is 3.91. The summed E-state index contributed by atoms with van der Waals surface area (Å²) in [5.41, 5.74) is 2.16. The average Bonchev–Trinajstić information content (AvgIpc) is 3.33. The molecule has 0 bridgehead atoms. The molecule has 0 spiro atoms. The van der Waals surface area contributed by atoms with E-state index in [0.29, 0.717) is 24.4 Å². The second-order valence-electron chi connectivity index (χ2n) is 7.93. The number of rotatable bonds is 8. The Labute approximate surface area is 187 Å². The normalized spacial score (nSPS) is 16.6. The highest BCUT2D eigenvalue weighted by atomic mass is 16.3. The van der Waals surface area contributed by atoms with Crippen LogP contribution >= 0.6 is 0 Å². The molecule has 3 heterocycles. The molecule has 0 aliphatic carbocycles. The SMILES string of the molecule is CCN(CC)CCN1C(=O)C(O)=C(C(=O)c2cc3cc(C)ccc3o2)C1c1ccccn1. The number of nitrogens with zero attached hydrogens (tertiary/aromatic N) is 3. The Balaban J connectivity index is 1.73. The summed E-state index contributed by atoms with van der Waals surface area (Å²) in [4.78, 5) is 34.6. The van der Waals surface area contributed by atoms with Crippen molar-refractivity contribution in [3.63, 3.8) is 0 Å². The van der Waals surface area contributed by atoms with Crippen LogP contribution < -0.4 is 0 Å². The Morgan fingerprint density at radius 2 is 1.97 bits per heavy atom. The maximum atomic E-state index is 13.5. The van der Waals surface area contributed by atoms with E-state index in [1.54, 1.807) is 30.5 Å². The van der Waals surface area contributed by atoms with Gasteiger partial charge in [0.1, 0.15) is 11.6 Å². The summed E-state index contributed by atoms with van der Waals surface area (Å²) in [6.07, 6.45) is 1.61. The molecule has 32 heavy (non-hydrogen) atoms. The Hall–Kier alpha value is -3.45. The number of carbonyl (C=O) groups excluding carboxylic acids is 2. The number of furan rings is 1. The van der Waals surface area contributed by atoms with Crippen LogP contribution in [0.2, 0.25) is 0 Å². The molecule has 3 aromatic rings. The number of aliphatic hydroxyl groups excluding tert-OH is 1. The van der Waals surface area contributed by atoms with Crippen molar-refractivity contribution in [3.8, 4) is 0 Å². The van der Waals surface area contributed by atoms with Gasteiger partial charge in [-0.2, -0.15) is 0 Å². The molecule has 1 unspecified atom stereocenters. The van der Waals surface area contributed by atoms with Crippen molar-refractivity contribution in [1.29, 1.82) is 0 Å². The van der Waals surface area contributed by atoms with Crippen LogP contribution in [-0.4, -0.2) is 57.8 Å². The molecule has 2 aromatic heterocycles. The minimum absolute atomic E-state index is 0.00373. The van der Waals surface area contributed by atoms with Gasteiger partial charge in [-0.25, -0.2) is 0 Å². The Morgan fingerprint density at radius 1 is 1.19 bits per heavy atom. The fourth-order valence-electron chi connectivity index (χ4n) is 4.16. The smallest absolute Gasteiger partial charge is 0.290 e. The number of hydrogen-bond acceptors (Lipinski definition) is 6. The molecule has 1 aliphatic heterocycles. The molecular weight excluding hydrogens is 406 g/mol.